The average molecular weight is 358 g/mol. The third-order valence-electron chi connectivity index (χ3n) is 4.82. The second-order valence-electron chi connectivity index (χ2n) is 6.63. The normalized spacial score (nSPS) is 15.5. The summed E-state index contributed by atoms with van der Waals surface area (Å²) in [6, 6.07) is 10.0. The van der Waals surface area contributed by atoms with E-state index in [-0.39, 0.29) is 17.4 Å². The quantitative estimate of drug-likeness (QED) is 0.852. The summed E-state index contributed by atoms with van der Waals surface area (Å²) in [6.45, 7) is 1.28. The number of hydrogen-bond acceptors (Lipinski definition) is 2. The van der Waals surface area contributed by atoms with Gasteiger partial charge in [-0.2, -0.15) is 0 Å². The van der Waals surface area contributed by atoms with Crippen LogP contribution in [0.25, 0.3) is 0 Å². The molecule has 0 radical (unpaired) electrons. The van der Waals surface area contributed by atoms with E-state index in [0.29, 0.717) is 18.5 Å². The molecule has 2 aromatic rings. The minimum absolute atomic E-state index is 0.0116. The molecule has 1 saturated carbocycles. The smallest absolute Gasteiger partial charge is 0.235 e. The molecule has 0 aliphatic heterocycles. The van der Waals surface area contributed by atoms with Crippen LogP contribution < -0.4 is 10.6 Å². The van der Waals surface area contributed by atoms with Gasteiger partial charge in [0.15, 0.2) is 0 Å². The van der Waals surface area contributed by atoms with Gasteiger partial charge in [0.2, 0.25) is 11.8 Å². The van der Waals surface area contributed by atoms with Crippen LogP contribution in [-0.4, -0.2) is 11.8 Å². The molecule has 4 nitrogen and oxygen atoms in total. The highest BCUT2D eigenvalue weighted by atomic mass is 19.1. The highest BCUT2D eigenvalue weighted by Crippen LogP contribution is 2.42. The Balaban J connectivity index is 1.87. The first-order chi connectivity index (χ1) is 12.4. The van der Waals surface area contributed by atoms with E-state index in [9.17, 15) is 18.4 Å². The molecule has 2 amide bonds. The molecule has 2 aromatic carbocycles. The van der Waals surface area contributed by atoms with Crippen molar-refractivity contribution in [3.8, 4) is 0 Å². The first kappa shape index (κ1) is 18.0. The molecule has 0 atom stereocenters. The summed E-state index contributed by atoms with van der Waals surface area (Å²) in [5, 5.41) is 5.22. The van der Waals surface area contributed by atoms with Gasteiger partial charge >= 0.3 is 0 Å². The molecule has 0 unspecified atom stereocenters. The fraction of sp³-hybridized carbons (Fsp3) is 0.300. The zero-order valence-electron chi connectivity index (χ0n) is 14.4. The number of halogens is 2. The van der Waals surface area contributed by atoms with E-state index in [0.717, 1.165) is 18.4 Å². The van der Waals surface area contributed by atoms with Gasteiger partial charge in [-0.05, 0) is 48.7 Å². The van der Waals surface area contributed by atoms with E-state index in [4.69, 9.17) is 0 Å². The highest BCUT2D eigenvalue weighted by Gasteiger charge is 2.42. The number of hydrogen-bond donors (Lipinski definition) is 2. The van der Waals surface area contributed by atoms with Crippen molar-refractivity contribution in [1.29, 1.82) is 0 Å². The predicted molar refractivity (Wildman–Crippen MR) is 95.9 cm³/mol. The van der Waals surface area contributed by atoms with Crippen molar-refractivity contribution in [2.45, 2.75) is 38.0 Å². The average Bonchev–Trinajstić information content (AvgIpc) is 3.09. The van der Waals surface area contributed by atoms with Crippen LogP contribution in [0.15, 0.2) is 42.5 Å². The van der Waals surface area contributed by atoms with Crippen LogP contribution in [0.5, 0.6) is 0 Å². The summed E-state index contributed by atoms with van der Waals surface area (Å²) in [4.78, 5) is 24.2. The van der Waals surface area contributed by atoms with Gasteiger partial charge in [-0.1, -0.05) is 25.0 Å². The zero-order chi connectivity index (χ0) is 18.7. The minimum atomic E-state index is -0.726. The van der Waals surface area contributed by atoms with Crippen LogP contribution in [0, 0.1) is 11.6 Å². The van der Waals surface area contributed by atoms with Crippen molar-refractivity contribution < 1.29 is 18.4 Å². The summed E-state index contributed by atoms with van der Waals surface area (Å²) in [5.41, 5.74) is 0.458. The van der Waals surface area contributed by atoms with Crippen molar-refractivity contribution in [3.05, 3.63) is 59.7 Å². The molecule has 0 saturated heterocycles. The number of anilines is 2. The number of amides is 2. The van der Waals surface area contributed by atoms with Crippen molar-refractivity contribution in [1.82, 2.24) is 0 Å². The third-order valence-corrected chi connectivity index (χ3v) is 4.82. The number of carbonyl (C=O) groups excluding carboxylic acids is 2. The van der Waals surface area contributed by atoms with E-state index in [1.165, 1.54) is 37.3 Å². The van der Waals surface area contributed by atoms with E-state index in [1.807, 2.05) is 0 Å². The summed E-state index contributed by atoms with van der Waals surface area (Å²) in [6.07, 6.45) is 3.16. The molecular weight excluding hydrogens is 338 g/mol. The van der Waals surface area contributed by atoms with Crippen LogP contribution in [0.4, 0.5) is 20.2 Å². The van der Waals surface area contributed by atoms with Gasteiger partial charge < -0.3 is 10.6 Å². The molecule has 0 aromatic heterocycles. The Morgan fingerprint density at radius 2 is 1.62 bits per heavy atom. The minimum Gasteiger partial charge on any atom is -0.325 e. The molecule has 1 fully saturated rings. The lowest BCUT2D eigenvalue weighted by molar-refractivity contribution is -0.121. The summed E-state index contributed by atoms with van der Waals surface area (Å²) >= 11 is 0. The van der Waals surface area contributed by atoms with Gasteiger partial charge in [-0.3, -0.25) is 9.59 Å². The van der Waals surface area contributed by atoms with E-state index in [1.54, 1.807) is 12.1 Å². The molecule has 26 heavy (non-hydrogen) atoms. The molecule has 0 spiro atoms. The molecule has 2 N–H and O–H groups in total. The zero-order valence-corrected chi connectivity index (χ0v) is 14.4. The summed E-state index contributed by atoms with van der Waals surface area (Å²) < 4.78 is 27.0. The summed E-state index contributed by atoms with van der Waals surface area (Å²) in [7, 11) is 0. The predicted octanol–water partition coefficient (Wildman–Crippen LogP) is 4.37. The van der Waals surface area contributed by atoms with Gasteiger partial charge in [-0.25, -0.2) is 8.78 Å². The van der Waals surface area contributed by atoms with Crippen LogP contribution >= 0.6 is 0 Å². The van der Waals surface area contributed by atoms with Crippen LogP contribution in [0.2, 0.25) is 0 Å². The van der Waals surface area contributed by atoms with Crippen molar-refractivity contribution in [3.63, 3.8) is 0 Å². The number of rotatable bonds is 4. The molecular formula is C20H20F2N2O2. The van der Waals surface area contributed by atoms with Gasteiger partial charge in [0, 0.05) is 12.6 Å². The van der Waals surface area contributed by atoms with E-state index < -0.39 is 17.1 Å². The van der Waals surface area contributed by atoms with Crippen molar-refractivity contribution in [2.24, 2.45) is 0 Å². The topological polar surface area (TPSA) is 58.2 Å². The lowest BCUT2D eigenvalue weighted by Gasteiger charge is -2.28. The molecule has 0 heterocycles. The van der Waals surface area contributed by atoms with Gasteiger partial charge in [0.1, 0.15) is 11.6 Å². The Hall–Kier alpha value is -2.76. The monoisotopic (exact) mass is 358 g/mol. The maximum absolute atomic E-state index is 13.8. The Labute approximate surface area is 150 Å². The van der Waals surface area contributed by atoms with Crippen molar-refractivity contribution >= 4 is 23.2 Å². The molecule has 136 valence electrons. The van der Waals surface area contributed by atoms with Crippen LogP contribution in [0.3, 0.4) is 0 Å². The molecule has 1 aliphatic rings. The molecule has 6 heteroatoms. The molecule has 1 aliphatic carbocycles. The third kappa shape index (κ3) is 3.59. The number of nitrogens with one attached hydrogen (secondary N) is 2. The van der Waals surface area contributed by atoms with Gasteiger partial charge in [0.25, 0.3) is 0 Å². The summed E-state index contributed by atoms with van der Waals surface area (Å²) in [5.74, 6) is -1.53. The lowest BCUT2D eigenvalue weighted by atomic mass is 9.78. The fourth-order valence-electron chi connectivity index (χ4n) is 3.53. The molecule has 3 rings (SSSR count). The first-order valence-electron chi connectivity index (χ1n) is 8.55. The van der Waals surface area contributed by atoms with Crippen molar-refractivity contribution in [2.75, 3.05) is 10.6 Å². The number of carbonyl (C=O) groups is 2. The maximum atomic E-state index is 13.8. The van der Waals surface area contributed by atoms with E-state index in [2.05, 4.69) is 10.6 Å². The Morgan fingerprint density at radius 1 is 0.962 bits per heavy atom. The fourth-order valence-corrected chi connectivity index (χ4v) is 3.53. The standard InChI is InChI=1S/C20H20F2N2O2/c1-13(25)23-18-12-16(8-9-17(18)22)24-19(26)20(10-2-3-11-20)14-4-6-15(21)7-5-14/h4-9,12H,2-3,10-11H2,1H3,(H,23,25)(H,24,26). The molecule has 0 bridgehead atoms. The first-order valence-corrected chi connectivity index (χ1v) is 8.55. The SMILES string of the molecule is CC(=O)Nc1cc(NC(=O)C2(c3ccc(F)cc3)CCCC2)ccc1F. The van der Waals surface area contributed by atoms with Gasteiger partial charge in [-0.15, -0.1) is 0 Å². The van der Waals surface area contributed by atoms with E-state index >= 15 is 0 Å². The lowest BCUT2D eigenvalue weighted by Crippen LogP contribution is -2.38. The Kier molecular flexibility index (Phi) is 5.02. The van der Waals surface area contributed by atoms with Crippen LogP contribution in [0.1, 0.15) is 38.2 Å². The second kappa shape index (κ2) is 7.23. The second-order valence-corrected chi connectivity index (χ2v) is 6.63. The Morgan fingerprint density at radius 3 is 2.23 bits per heavy atom. The Bertz CT molecular complexity index is 828. The maximum Gasteiger partial charge on any atom is 0.235 e. The van der Waals surface area contributed by atoms with Gasteiger partial charge in [0.05, 0.1) is 11.1 Å². The number of benzene rings is 2. The highest BCUT2D eigenvalue weighted by molar-refractivity contribution is 6.00. The van der Waals surface area contributed by atoms with Crippen LogP contribution in [-0.2, 0) is 15.0 Å². The largest absolute Gasteiger partial charge is 0.325 e.